The van der Waals surface area contributed by atoms with Gasteiger partial charge in [-0.15, -0.1) is 0 Å². The van der Waals surface area contributed by atoms with Crippen molar-refractivity contribution in [3.63, 3.8) is 0 Å². The van der Waals surface area contributed by atoms with Crippen LogP contribution in [0.15, 0.2) is 40.2 Å². The Morgan fingerprint density at radius 3 is 2.42 bits per heavy atom. The van der Waals surface area contributed by atoms with Crippen LogP contribution in [0.25, 0.3) is 11.2 Å². The molecule has 0 fully saturated rings. The maximum absolute atomic E-state index is 12.4. The van der Waals surface area contributed by atoms with E-state index in [1.807, 2.05) is 0 Å². The summed E-state index contributed by atoms with van der Waals surface area (Å²) in [6, 6.07) is 6.87. The molecule has 3 rings (SSSR count). The van der Waals surface area contributed by atoms with Crippen molar-refractivity contribution in [3.8, 4) is 11.8 Å². The highest BCUT2D eigenvalue weighted by Gasteiger charge is 2.15. The summed E-state index contributed by atoms with van der Waals surface area (Å²) in [5.41, 5.74) is 0.686. The van der Waals surface area contributed by atoms with Crippen molar-refractivity contribution in [2.75, 3.05) is 20.6 Å². The van der Waals surface area contributed by atoms with Gasteiger partial charge in [0.2, 0.25) is 5.91 Å². The number of aryl methyl sites for hydroxylation is 1. The highest BCUT2D eigenvalue weighted by atomic mass is 16.2. The van der Waals surface area contributed by atoms with Crippen LogP contribution in [0, 0.1) is 11.8 Å². The molecule has 0 spiro atoms. The second-order valence-electron chi connectivity index (χ2n) is 7.11. The van der Waals surface area contributed by atoms with E-state index in [9.17, 15) is 19.2 Å². The van der Waals surface area contributed by atoms with Crippen LogP contribution in [-0.4, -0.2) is 56.0 Å². The number of hydrogen-bond acceptors (Lipinski definition) is 5. The minimum Gasteiger partial charge on any atom is -0.345 e. The number of aromatic nitrogens is 4. The topological polar surface area (TPSA) is 111 Å². The van der Waals surface area contributed by atoms with E-state index >= 15 is 0 Å². The third-order valence-electron chi connectivity index (χ3n) is 4.68. The van der Waals surface area contributed by atoms with Crippen LogP contribution >= 0.6 is 0 Å². The van der Waals surface area contributed by atoms with Gasteiger partial charge in [-0.25, -0.2) is 9.78 Å². The molecular weight excluding hydrogens is 400 g/mol. The molecule has 0 saturated heterocycles. The van der Waals surface area contributed by atoms with Gasteiger partial charge in [0.05, 0.1) is 12.9 Å². The smallest absolute Gasteiger partial charge is 0.332 e. The van der Waals surface area contributed by atoms with Crippen LogP contribution in [0.2, 0.25) is 0 Å². The number of hydrogen-bond donors (Lipinski definition) is 1. The van der Waals surface area contributed by atoms with E-state index < -0.39 is 11.2 Å². The van der Waals surface area contributed by atoms with E-state index in [1.54, 1.807) is 38.4 Å². The van der Waals surface area contributed by atoms with Gasteiger partial charge in [0.25, 0.3) is 11.5 Å². The third-order valence-corrected chi connectivity index (χ3v) is 4.68. The summed E-state index contributed by atoms with van der Waals surface area (Å²) in [6.45, 7) is -0.0205. The molecule has 160 valence electrons. The zero-order valence-electron chi connectivity index (χ0n) is 17.7. The zero-order valence-corrected chi connectivity index (χ0v) is 17.7. The van der Waals surface area contributed by atoms with E-state index in [2.05, 4.69) is 22.1 Å². The average molecular weight is 422 g/mol. The fourth-order valence-electron chi connectivity index (χ4n) is 2.97. The molecule has 0 aliphatic heterocycles. The van der Waals surface area contributed by atoms with Crippen LogP contribution in [-0.2, 0) is 25.4 Å². The van der Waals surface area contributed by atoms with Crippen LogP contribution in [0.5, 0.6) is 0 Å². The summed E-state index contributed by atoms with van der Waals surface area (Å²) < 4.78 is 3.63. The number of nitrogens with one attached hydrogen (secondary N) is 1. The fourth-order valence-corrected chi connectivity index (χ4v) is 2.97. The molecule has 1 aromatic carbocycles. The van der Waals surface area contributed by atoms with Crippen molar-refractivity contribution in [1.82, 2.24) is 28.9 Å². The maximum atomic E-state index is 12.4. The van der Waals surface area contributed by atoms with Crippen LogP contribution in [0.4, 0.5) is 0 Å². The van der Waals surface area contributed by atoms with E-state index in [0.717, 1.165) is 10.1 Å². The molecule has 31 heavy (non-hydrogen) atoms. The second-order valence-corrected chi connectivity index (χ2v) is 7.11. The Hall–Kier alpha value is -4.13. The molecule has 0 atom stereocenters. The standard InChI is InChI=1S/C21H22N6O4/c1-24(2)19(29)15-9-7-14(8-10-15)6-5-11-22-16(28)12-27-13-23-18-17(27)20(30)26(4)21(31)25(18)3/h7-10,13H,11-12H2,1-4H3,(H,22,28). The number of carbonyl (C=O) groups is 2. The lowest BCUT2D eigenvalue weighted by Gasteiger charge is -2.09. The fraction of sp³-hybridized carbons (Fsp3) is 0.286. The third kappa shape index (κ3) is 4.40. The van der Waals surface area contributed by atoms with Gasteiger partial charge in [0.1, 0.15) is 6.54 Å². The second kappa shape index (κ2) is 8.71. The van der Waals surface area contributed by atoms with Gasteiger partial charge in [-0.05, 0) is 24.3 Å². The van der Waals surface area contributed by atoms with Crippen molar-refractivity contribution in [3.05, 3.63) is 62.6 Å². The van der Waals surface area contributed by atoms with Gasteiger partial charge in [-0.3, -0.25) is 23.5 Å². The van der Waals surface area contributed by atoms with Crippen LogP contribution in [0.1, 0.15) is 15.9 Å². The molecule has 0 aliphatic rings. The molecule has 10 nitrogen and oxygen atoms in total. The predicted molar refractivity (Wildman–Crippen MR) is 115 cm³/mol. The molecule has 10 heteroatoms. The molecule has 2 aromatic heterocycles. The van der Waals surface area contributed by atoms with Gasteiger partial charge in [-0.2, -0.15) is 0 Å². The first-order valence-corrected chi connectivity index (χ1v) is 9.39. The van der Waals surface area contributed by atoms with Crippen molar-refractivity contribution in [2.24, 2.45) is 14.1 Å². The van der Waals surface area contributed by atoms with Crippen LogP contribution < -0.4 is 16.6 Å². The molecule has 2 amide bonds. The molecule has 0 saturated carbocycles. The minimum atomic E-state index is -0.514. The summed E-state index contributed by atoms with van der Waals surface area (Å²) in [5, 5.41) is 2.66. The first kappa shape index (κ1) is 21.6. The first-order chi connectivity index (χ1) is 14.7. The Kier molecular flexibility index (Phi) is 6.06. The van der Waals surface area contributed by atoms with Gasteiger partial charge in [-0.1, -0.05) is 11.8 Å². The summed E-state index contributed by atoms with van der Waals surface area (Å²) in [5.74, 6) is 5.32. The predicted octanol–water partition coefficient (Wildman–Crippen LogP) is -0.697. The van der Waals surface area contributed by atoms with E-state index in [-0.39, 0.29) is 36.1 Å². The highest BCUT2D eigenvalue weighted by molar-refractivity contribution is 5.93. The van der Waals surface area contributed by atoms with E-state index in [1.165, 1.54) is 34.5 Å². The number of benzene rings is 1. The first-order valence-electron chi connectivity index (χ1n) is 9.39. The maximum Gasteiger partial charge on any atom is 0.332 e. The van der Waals surface area contributed by atoms with Gasteiger partial charge in [0.15, 0.2) is 11.2 Å². The molecule has 2 heterocycles. The monoisotopic (exact) mass is 422 g/mol. The van der Waals surface area contributed by atoms with Crippen LogP contribution in [0.3, 0.4) is 0 Å². The molecule has 3 aromatic rings. The largest absolute Gasteiger partial charge is 0.345 e. The Labute approximate surface area is 177 Å². The average Bonchev–Trinajstić information content (AvgIpc) is 3.17. The number of nitrogens with zero attached hydrogens (tertiary/aromatic N) is 5. The number of rotatable bonds is 4. The number of carbonyl (C=O) groups excluding carboxylic acids is 2. The summed E-state index contributed by atoms with van der Waals surface area (Å²) in [4.78, 5) is 54.1. The lowest BCUT2D eigenvalue weighted by Crippen LogP contribution is -2.38. The molecule has 0 aliphatic carbocycles. The van der Waals surface area contributed by atoms with E-state index in [4.69, 9.17) is 0 Å². The van der Waals surface area contributed by atoms with Gasteiger partial charge in [0, 0.05) is 39.3 Å². The molecule has 0 bridgehead atoms. The lowest BCUT2D eigenvalue weighted by molar-refractivity contribution is -0.121. The zero-order chi connectivity index (χ0) is 22.7. The quantitative estimate of drug-likeness (QED) is 0.559. The van der Waals surface area contributed by atoms with Crippen molar-refractivity contribution in [1.29, 1.82) is 0 Å². The summed E-state index contributed by atoms with van der Waals surface area (Å²) in [7, 11) is 6.26. The highest BCUT2D eigenvalue weighted by Crippen LogP contribution is 2.06. The number of fused-ring (bicyclic) bond motifs is 1. The minimum absolute atomic E-state index is 0.0892. The number of imidazole rings is 1. The van der Waals surface area contributed by atoms with Gasteiger partial charge >= 0.3 is 5.69 Å². The number of amides is 2. The Morgan fingerprint density at radius 1 is 1.10 bits per heavy atom. The van der Waals surface area contributed by atoms with E-state index in [0.29, 0.717) is 5.56 Å². The van der Waals surface area contributed by atoms with Crippen molar-refractivity contribution < 1.29 is 9.59 Å². The molecule has 0 radical (unpaired) electrons. The molecular formula is C21H22N6O4. The van der Waals surface area contributed by atoms with Crippen molar-refractivity contribution in [2.45, 2.75) is 6.54 Å². The summed E-state index contributed by atoms with van der Waals surface area (Å²) in [6.07, 6.45) is 1.35. The van der Waals surface area contributed by atoms with Gasteiger partial charge < -0.3 is 14.8 Å². The SMILES string of the molecule is CN(C)C(=O)c1ccc(C#CCNC(=O)Cn2cnc3c2c(=O)n(C)c(=O)n3C)cc1. The molecule has 1 N–H and O–H groups in total. The lowest BCUT2D eigenvalue weighted by atomic mass is 10.1. The molecule has 0 unspecified atom stereocenters. The normalized spacial score (nSPS) is 10.5. The summed E-state index contributed by atoms with van der Waals surface area (Å²) >= 11 is 0. The Morgan fingerprint density at radius 2 is 1.77 bits per heavy atom. The Balaban J connectivity index is 1.64. The Bertz CT molecular complexity index is 1330. The van der Waals surface area contributed by atoms with Crippen molar-refractivity contribution >= 4 is 23.0 Å².